The molecule has 1 N–H and O–H groups in total. The Morgan fingerprint density at radius 2 is 1.90 bits per heavy atom. The molecule has 1 amide bonds. The number of aryl methyl sites for hydroxylation is 2. The second-order valence-corrected chi connectivity index (χ2v) is 8.18. The van der Waals surface area contributed by atoms with Gasteiger partial charge in [0.2, 0.25) is 5.91 Å². The van der Waals surface area contributed by atoms with Crippen LogP contribution in [0.2, 0.25) is 0 Å². The molecule has 0 radical (unpaired) electrons. The monoisotopic (exact) mass is 424 g/mol. The molecule has 0 spiro atoms. The Morgan fingerprint density at radius 3 is 2.67 bits per heavy atom. The third kappa shape index (κ3) is 4.43. The average molecular weight is 425 g/mol. The third-order valence-electron chi connectivity index (χ3n) is 4.80. The van der Waals surface area contributed by atoms with E-state index in [2.05, 4.69) is 15.5 Å². The summed E-state index contributed by atoms with van der Waals surface area (Å²) in [5, 5.41) is 12.2. The molecule has 0 atom stereocenters. The van der Waals surface area contributed by atoms with E-state index in [1.54, 1.807) is 0 Å². The van der Waals surface area contributed by atoms with Gasteiger partial charge in [-0.15, -0.1) is 10.2 Å². The molecule has 0 saturated carbocycles. The average Bonchev–Trinajstić information content (AvgIpc) is 2.92. The van der Waals surface area contributed by atoms with Gasteiger partial charge in [-0.05, 0) is 49.2 Å². The number of fused-ring (bicyclic) bond motifs is 1. The summed E-state index contributed by atoms with van der Waals surface area (Å²) in [6.45, 7) is 5.29. The van der Waals surface area contributed by atoms with Crippen LogP contribution in [0.1, 0.15) is 17.5 Å². The number of ether oxygens (including phenoxy) is 2. The van der Waals surface area contributed by atoms with Gasteiger partial charge >= 0.3 is 0 Å². The van der Waals surface area contributed by atoms with E-state index in [0.717, 1.165) is 46.1 Å². The fraction of sp³-hybridized carbons (Fsp3) is 0.318. The minimum atomic E-state index is -0.0816. The summed E-state index contributed by atoms with van der Waals surface area (Å²) in [4.78, 5) is 12.3. The van der Waals surface area contributed by atoms with Gasteiger partial charge in [0, 0.05) is 24.7 Å². The first-order valence-corrected chi connectivity index (χ1v) is 10.8. The second-order valence-electron chi connectivity index (χ2n) is 7.24. The van der Waals surface area contributed by atoms with E-state index in [0.29, 0.717) is 18.4 Å². The predicted molar refractivity (Wildman–Crippen MR) is 117 cm³/mol. The largest absolute Gasteiger partial charge is 0.490 e. The van der Waals surface area contributed by atoms with E-state index in [1.807, 2.05) is 61.9 Å². The van der Waals surface area contributed by atoms with Crippen molar-refractivity contribution in [3.63, 3.8) is 0 Å². The van der Waals surface area contributed by atoms with Crippen molar-refractivity contribution >= 4 is 23.4 Å². The maximum Gasteiger partial charge on any atom is 0.234 e. The summed E-state index contributed by atoms with van der Waals surface area (Å²) in [6.07, 6.45) is 0.860. The SMILES string of the molecule is Cc1cccc(NC(=O)CSc2nnc(-c3cc4c(cc3C)OCCCO4)n2C)c1. The molecule has 1 aliphatic heterocycles. The molecular formula is C22H24N4O3S. The lowest BCUT2D eigenvalue weighted by Gasteiger charge is -2.12. The second kappa shape index (κ2) is 8.79. The smallest absolute Gasteiger partial charge is 0.234 e. The highest BCUT2D eigenvalue weighted by Gasteiger charge is 2.19. The molecule has 2 heterocycles. The van der Waals surface area contributed by atoms with Crippen molar-refractivity contribution in [1.82, 2.24) is 14.8 Å². The van der Waals surface area contributed by atoms with Crippen LogP contribution in [0.4, 0.5) is 5.69 Å². The molecule has 3 aromatic rings. The van der Waals surface area contributed by atoms with Gasteiger partial charge in [-0.25, -0.2) is 0 Å². The summed E-state index contributed by atoms with van der Waals surface area (Å²) in [6, 6.07) is 11.7. The highest BCUT2D eigenvalue weighted by molar-refractivity contribution is 7.99. The van der Waals surface area contributed by atoms with Crippen LogP contribution in [0.5, 0.6) is 11.5 Å². The number of carbonyl (C=O) groups excluding carboxylic acids is 1. The molecule has 4 rings (SSSR count). The zero-order valence-corrected chi connectivity index (χ0v) is 18.1. The lowest BCUT2D eigenvalue weighted by molar-refractivity contribution is -0.113. The van der Waals surface area contributed by atoms with Crippen LogP contribution < -0.4 is 14.8 Å². The maximum absolute atomic E-state index is 12.3. The minimum Gasteiger partial charge on any atom is -0.490 e. The Kier molecular flexibility index (Phi) is 5.94. The number of hydrogen-bond donors (Lipinski definition) is 1. The number of carbonyl (C=O) groups is 1. The molecule has 0 saturated heterocycles. The number of nitrogens with zero attached hydrogens (tertiary/aromatic N) is 3. The minimum absolute atomic E-state index is 0.0816. The number of rotatable bonds is 5. The van der Waals surface area contributed by atoms with E-state index in [1.165, 1.54) is 11.8 Å². The zero-order valence-electron chi connectivity index (χ0n) is 17.3. The molecule has 0 unspecified atom stereocenters. The van der Waals surface area contributed by atoms with Crippen LogP contribution in [0, 0.1) is 13.8 Å². The van der Waals surface area contributed by atoms with Gasteiger partial charge in [0.1, 0.15) is 0 Å². The van der Waals surface area contributed by atoms with Gasteiger partial charge in [0.25, 0.3) is 0 Å². The number of amides is 1. The number of hydrogen-bond acceptors (Lipinski definition) is 6. The fourth-order valence-electron chi connectivity index (χ4n) is 3.28. The molecule has 30 heavy (non-hydrogen) atoms. The van der Waals surface area contributed by atoms with E-state index < -0.39 is 0 Å². The van der Waals surface area contributed by atoms with E-state index in [-0.39, 0.29) is 11.7 Å². The van der Waals surface area contributed by atoms with Gasteiger partial charge in [-0.2, -0.15) is 0 Å². The zero-order chi connectivity index (χ0) is 21.1. The summed E-state index contributed by atoms with van der Waals surface area (Å²) < 4.78 is 13.5. The summed E-state index contributed by atoms with van der Waals surface area (Å²) in [5.41, 5.74) is 3.86. The molecule has 0 bridgehead atoms. The van der Waals surface area contributed by atoms with Crippen molar-refractivity contribution < 1.29 is 14.3 Å². The van der Waals surface area contributed by atoms with Crippen LogP contribution in [0.25, 0.3) is 11.4 Å². The molecule has 156 valence electrons. The first kappa shape index (κ1) is 20.3. The maximum atomic E-state index is 12.3. The molecule has 0 fully saturated rings. The first-order chi connectivity index (χ1) is 14.5. The van der Waals surface area contributed by atoms with E-state index in [4.69, 9.17) is 9.47 Å². The van der Waals surface area contributed by atoms with Gasteiger partial charge in [0.15, 0.2) is 22.5 Å². The van der Waals surface area contributed by atoms with Crippen molar-refractivity contribution in [2.75, 3.05) is 24.3 Å². The lowest BCUT2D eigenvalue weighted by Crippen LogP contribution is -2.14. The first-order valence-electron chi connectivity index (χ1n) is 9.80. The quantitative estimate of drug-likeness (QED) is 0.624. The molecule has 2 aromatic carbocycles. The predicted octanol–water partition coefficient (Wildman–Crippen LogP) is 3.99. The molecule has 7 nitrogen and oxygen atoms in total. The van der Waals surface area contributed by atoms with Crippen LogP contribution in [-0.4, -0.2) is 39.6 Å². The Balaban J connectivity index is 1.48. The normalized spacial score (nSPS) is 13.0. The van der Waals surface area contributed by atoms with E-state index in [9.17, 15) is 4.79 Å². The van der Waals surface area contributed by atoms with Crippen LogP contribution in [0.15, 0.2) is 41.6 Å². The Hall–Kier alpha value is -3.00. The van der Waals surface area contributed by atoms with Gasteiger partial charge in [0.05, 0.1) is 19.0 Å². The Bertz CT molecular complexity index is 1080. The number of benzene rings is 2. The van der Waals surface area contributed by atoms with Crippen LogP contribution in [0.3, 0.4) is 0 Å². The number of thioether (sulfide) groups is 1. The van der Waals surface area contributed by atoms with Gasteiger partial charge < -0.3 is 19.4 Å². The third-order valence-corrected chi connectivity index (χ3v) is 5.82. The topological polar surface area (TPSA) is 78.3 Å². The molecule has 0 aliphatic carbocycles. The summed E-state index contributed by atoms with van der Waals surface area (Å²) >= 11 is 1.35. The fourth-order valence-corrected chi connectivity index (χ4v) is 3.99. The molecule has 1 aliphatic rings. The van der Waals surface area contributed by atoms with Crippen molar-refractivity contribution in [3.05, 3.63) is 47.5 Å². The van der Waals surface area contributed by atoms with Crippen molar-refractivity contribution in [2.24, 2.45) is 7.05 Å². The number of aromatic nitrogens is 3. The Morgan fingerprint density at radius 1 is 1.13 bits per heavy atom. The lowest BCUT2D eigenvalue weighted by atomic mass is 10.1. The molecular weight excluding hydrogens is 400 g/mol. The number of anilines is 1. The number of nitrogens with one attached hydrogen (secondary N) is 1. The van der Waals surface area contributed by atoms with Crippen molar-refractivity contribution in [1.29, 1.82) is 0 Å². The highest BCUT2D eigenvalue weighted by atomic mass is 32.2. The van der Waals surface area contributed by atoms with Gasteiger partial charge in [-0.3, -0.25) is 4.79 Å². The summed E-state index contributed by atoms with van der Waals surface area (Å²) in [5.74, 6) is 2.38. The van der Waals surface area contributed by atoms with Gasteiger partial charge in [-0.1, -0.05) is 23.9 Å². The highest BCUT2D eigenvalue weighted by Crippen LogP contribution is 2.37. The van der Waals surface area contributed by atoms with Crippen LogP contribution in [-0.2, 0) is 11.8 Å². The molecule has 8 heteroatoms. The van der Waals surface area contributed by atoms with E-state index >= 15 is 0 Å². The van der Waals surface area contributed by atoms with Crippen molar-refractivity contribution in [3.8, 4) is 22.9 Å². The van der Waals surface area contributed by atoms with Crippen molar-refractivity contribution in [2.45, 2.75) is 25.4 Å². The standard InChI is InChI=1S/C22H24N4O3S/c1-14-6-4-7-16(10-14)23-20(27)13-30-22-25-24-21(26(22)3)17-12-19-18(11-15(17)2)28-8-5-9-29-19/h4,6-7,10-12H,5,8-9,13H2,1-3H3,(H,23,27). The van der Waals surface area contributed by atoms with Crippen LogP contribution >= 0.6 is 11.8 Å². The molecule has 1 aromatic heterocycles. The summed E-state index contributed by atoms with van der Waals surface area (Å²) in [7, 11) is 1.90. The Labute approximate surface area is 179 Å².